The SMILES string of the molecule is CCNC(=NCc1ccc(OC)c(OC)c1)NCCc1csc(C)n1.I. The van der Waals surface area contributed by atoms with Gasteiger partial charge in [0.2, 0.25) is 0 Å². The number of hydrogen-bond acceptors (Lipinski definition) is 5. The van der Waals surface area contributed by atoms with Gasteiger partial charge in [-0.05, 0) is 31.5 Å². The minimum Gasteiger partial charge on any atom is -0.493 e. The van der Waals surface area contributed by atoms with Crippen molar-refractivity contribution < 1.29 is 9.47 Å². The maximum Gasteiger partial charge on any atom is 0.191 e. The molecule has 144 valence electrons. The number of nitrogens with zero attached hydrogens (tertiary/aromatic N) is 2. The van der Waals surface area contributed by atoms with Gasteiger partial charge >= 0.3 is 0 Å². The van der Waals surface area contributed by atoms with Crippen molar-refractivity contribution in [3.8, 4) is 11.5 Å². The van der Waals surface area contributed by atoms with Gasteiger partial charge in [-0.15, -0.1) is 35.3 Å². The zero-order chi connectivity index (χ0) is 18.1. The van der Waals surface area contributed by atoms with E-state index in [1.165, 1.54) is 0 Å². The summed E-state index contributed by atoms with van der Waals surface area (Å²) in [5.41, 5.74) is 2.18. The predicted octanol–water partition coefficient (Wildman–Crippen LogP) is 3.38. The van der Waals surface area contributed by atoms with Crippen molar-refractivity contribution in [3.63, 3.8) is 0 Å². The second kappa shape index (κ2) is 11.9. The van der Waals surface area contributed by atoms with Crippen molar-refractivity contribution >= 4 is 41.3 Å². The molecule has 0 amide bonds. The normalized spacial score (nSPS) is 10.8. The highest BCUT2D eigenvalue weighted by Crippen LogP contribution is 2.27. The van der Waals surface area contributed by atoms with Gasteiger partial charge in [-0.2, -0.15) is 0 Å². The van der Waals surface area contributed by atoms with Gasteiger partial charge in [-0.25, -0.2) is 9.98 Å². The summed E-state index contributed by atoms with van der Waals surface area (Å²) in [6.07, 6.45) is 0.880. The fourth-order valence-electron chi connectivity index (χ4n) is 2.32. The van der Waals surface area contributed by atoms with Gasteiger partial charge in [-0.1, -0.05) is 6.07 Å². The molecule has 0 aliphatic rings. The molecule has 0 radical (unpaired) electrons. The number of halogens is 1. The summed E-state index contributed by atoms with van der Waals surface area (Å²) in [6.45, 7) is 6.24. The average molecular weight is 490 g/mol. The molecule has 0 saturated carbocycles. The van der Waals surface area contributed by atoms with E-state index in [0.717, 1.165) is 47.5 Å². The van der Waals surface area contributed by atoms with Crippen LogP contribution in [0.1, 0.15) is 23.2 Å². The zero-order valence-electron chi connectivity index (χ0n) is 15.7. The molecule has 0 atom stereocenters. The van der Waals surface area contributed by atoms with Gasteiger partial charge in [0.1, 0.15) is 0 Å². The molecule has 6 nitrogen and oxygen atoms in total. The van der Waals surface area contributed by atoms with Crippen molar-refractivity contribution in [2.24, 2.45) is 4.99 Å². The van der Waals surface area contributed by atoms with Crippen LogP contribution in [0.5, 0.6) is 11.5 Å². The first-order chi connectivity index (χ1) is 12.2. The van der Waals surface area contributed by atoms with E-state index < -0.39 is 0 Å². The maximum atomic E-state index is 5.34. The Morgan fingerprint density at radius 1 is 1.19 bits per heavy atom. The fraction of sp³-hybridized carbons (Fsp3) is 0.444. The minimum atomic E-state index is 0. The van der Waals surface area contributed by atoms with E-state index in [4.69, 9.17) is 9.47 Å². The summed E-state index contributed by atoms with van der Waals surface area (Å²) >= 11 is 1.68. The van der Waals surface area contributed by atoms with E-state index in [9.17, 15) is 0 Å². The summed E-state index contributed by atoms with van der Waals surface area (Å²) in [4.78, 5) is 9.11. The van der Waals surface area contributed by atoms with Crippen LogP contribution in [0, 0.1) is 6.92 Å². The molecule has 1 heterocycles. The average Bonchev–Trinajstić information content (AvgIpc) is 3.04. The van der Waals surface area contributed by atoms with Crippen LogP contribution in [0.3, 0.4) is 0 Å². The molecule has 1 aromatic heterocycles. The van der Waals surface area contributed by atoms with Crippen molar-refractivity contribution in [2.75, 3.05) is 27.3 Å². The summed E-state index contributed by atoms with van der Waals surface area (Å²) in [5.74, 6) is 2.23. The third kappa shape index (κ3) is 6.99. The highest BCUT2D eigenvalue weighted by molar-refractivity contribution is 14.0. The topological polar surface area (TPSA) is 67.8 Å². The first kappa shape index (κ1) is 22.5. The van der Waals surface area contributed by atoms with Crippen LogP contribution in [-0.4, -0.2) is 38.3 Å². The molecule has 0 saturated heterocycles. The Morgan fingerprint density at radius 3 is 2.58 bits per heavy atom. The number of methoxy groups -OCH3 is 2. The molecule has 0 aliphatic heterocycles. The van der Waals surface area contributed by atoms with Crippen LogP contribution in [0.4, 0.5) is 0 Å². The van der Waals surface area contributed by atoms with Gasteiger partial charge in [0.25, 0.3) is 0 Å². The van der Waals surface area contributed by atoms with Crippen molar-refractivity contribution in [2.45, 2.75) is 26.8 Å². The Morgan fingerprint density at radius 2 is 1.96 bits per heavy atom. The van der Waals surface area contributed by atoms with Crippen LogP contribution in [-0.2, 0) is 13.0 Å². The van der Waals surface area contributed by atoms with Crippen molar-refractivity contribution in [3.05, 3.63) is 39.8 Å². The summed E-state index contributed by atoms with van der Waals surface area (Å²) in [5, 5.41) is 9.81. The Hall–Kier alpha value is -1.55. The fourth-order valence-corrected chi connectivity index (χ4v) is 2.97. The van der Waals surface area contributed by atoms with E-state index in [-0.39, 0.29) is 24.0 Å². The van der Waals surface area contributed by atoms with E-state index >= 15 is 0 Å². The highest BCUT2D eigenvalue weighted by Gasteiger charge is 2.05. The third-order valence-electron chi connectivity index (χ3n) is 3.55. The van der Waals surface area contributed by atoms with Crippen LogP contribution >= 0.6 is 35.3 Å². The molecule has 0 aliphatic carbocycles. The zero-order valence-corrected chi connectivity index (χ0v) is 18.8. The smallest absolute Gasteiger partial charge is 0.191 e. The molecule has 0 fully saturated rings. The predicted molar refractivity (Wildman–Crippen MR) is 118 cm³/mol. The lowest BCUT2D eigenvalue weighted by Gasteiger charge is -2.12. The molecule has 2 N–H and O–H groups in total. The number of rotatable bonds is 8. The third-order valence-corrected chi connectivity index (χ3v) is 4.37. The van der Waals surface area contributed by atoms with Crippen LogP contribution in [0.15, 0.2) is 28.6 Å². The lowest BCUT2D eigenvalue weighted by atomic mass is 10.2. The molecule has 8 heteroatoms. The lowest BCUT2D eigenvalue weighted by molar-refractivity contribution is 0.354. The summed E-state index contributed by atoms with van der Waals surface area (Å²) in [7, 11) is 3.27. The first-order valence-corrected chi connectivity index (χ1v) is 9.18. The Labute approximate surface area is 176 Å². The Bertz CT molecular complexity index is 706. The van der Waals surface area contributed by atoms with Gasteiger partial charge in [0, 0.05) is 24.9 Å². The number of ether oxygens (including phenoxy) is 2. The molecule has 26 heavy (non-hydrogen) atoms. The van der Waals surface area contributed by atoms with E-state index in [2.05, 4.69) is 32.9 Å². The Kier molecular flexibility index (Phi) is 10.3. The second-order valence-corrected chi connectivity index (χ2v) is 6.48. The minimum absolute atomic E-state index is 0. The number of thiazole rings is 1. The Balaban J connectivity index is 0.00000338. The first-order valence-electron chi connectivity index (χ1n) is 8.30. The number of benzene rings is 1. The lowest BCUT2D eigenvalue weighted by Crippen LogP contribution is -2.38. The van der Waals surface area contributed by atoms with Crippen LogP contribution in [0.2, 0.25) is 0 Å². The maximum absolute atomic E-state index is 5.34. The van der Waals surface area contributed by atoms with Gasteiger partial charge < -0.3 is 20.1 Å². The van der Waals surface area contributed by atoms with Crippen molar-refractivity contribution in [1.29, 1.82) is 0 Å². The summed E-state index contributed by atoms with van der Waals surface area (Å²) in [6, 6.07) is 5.84. The number of aryl methyl sites for hydroxylation is 1. The van der Waals surface area contributed by atoms with Crippen molar-refractivity contribution in [1.82, 2.24) is 15.6 Å². The summed E-state index contributed by atoms with van der Waals surface area (Å²) < 4.78 is 10.6. The number of hydrogen-bond donors (Lipinski definition) is 2. The standard InChI is InChI=1S/C18H26N4O2S.HI/c1-5-19-18(20-9-8-15-12-25-13(2)22-15)21-11-14-6-7-16(23-3)17(10-14)24-4;/h6-7,10,12H,5,8-9,11H2,1-4H3,(H2,19,20,21);1H. The molecule has 0 spiro atoms. The van der Waals surface area contributed by atoms with Gasteiger partial charge in [0.15, 0.2) is 17.5 Å². The largest absolute Gasteiger partial charge is 0.493 e. The van der Waals surface area contributed by atoms with E-state index in [1.807, 2.05) is 25.1 Å². The second-order valence-electron chi connectivity index (χ2n) is 5.42. The molecule has 1 aromatic carbocycles. The van der Waals surface area contributed by atoms with Gasteiger partial charge in [-0.3, -0.25) is 0 Å². The highest BCUT2D eigenvalue weighted by atomic mass is 127. The molecule has 2 rings (SSSR count). The number of nitrogens with one attached hydrogen (secondary N) is 2. The molecule has 2 aromatic rings. The van der Waals surface area contributed by atoms with Crippen LogP contribution in [0.25, 0.3) is 0 Å². The number of guanidine groups is 1. The van der Waals surface area contributed by atoms with Crippen LogP contribution < -0.4 is 20.1 Å². The monoisotopic (exact) mass is 490 g/mol. The van der Waals surface area contributed by atoms with E-state index in [0.29, 0.717) is 12.3 Å². The molecular formula is C18H27IN4O2S. The molecular weight excluding hydrogens is 463 g/mol. The van der Waals surface area contributed by atoms with Gasteiger partial charge in [0.05, 0.1) is 31.5 Å². The quantitative estimate of drug-likeness (QED) is 0.338. The number of aliphatic imine (C=N–C) groups is 1. The molecule has 0 unspecified atom stereocenters. The number of aromatic nitrogens is 1. The molecule has 0 bridgehead atoms. The van der Waals surface area contributed by atoms with E-state index in [1.54, 1.807) is 25.6 Å².